The summed E-state index contributed by atoms with van der Waals surface area (Å²) < 4.78 is 0. The van der Waals surface area contributed by atoms with Gasteiger partial charge in [-0.25, -0.2) is 0 Å². The molecule has 0 bridgehead atoms. The molecule has 0 amide bonds. The summed E-state index contributed by atoms with van der Waals surface area (Å²) in [6.45, 7) is 6.60. The lowest BCUT2D eigenvalue weighted by Gasteiger charge is -2.59. The first-order chi connectivity index (χ1) is 11.3. The first kappa shape index (κ1) is 16.1. The molecule has 3 fully saturated rings. The van der Waals surface area contributed by atoms with Crippen LogP contribution in [0.4, 0.5) is 0 Å². The van der Waals surface area contributed by atoms with E-state index in [1.165, 1.54) is 5.57 Å². The van der Waals surface area contributed by atoms with E-state index in [4.69, 9.17) is 0 Å². The number of fused-ring (bicyclic) bond motifs is 5. The highest BCUT2D eigenvalue weighted by Crippen LogP contribution is 2.66. The molecule has 3 heteroatoms. The molecule has 3 saturated carbocycles. The Morgan fingerprint density at radius 1 is 1.17 bits per heavy atom. The topological polar surface area (TPSA) is 57.9 Å². The van der Waals surface area contributed by atoms with Crippen LogP contribution in [-0.4, -0.2) is 11.6 Å². The summed E-state index contributed by atoms with van der Waals surface area (Å²) in [6.07, 6.45) is 7.13. The van der Waals surface area contributed by atoms with Gasteiger partial charge in [-0.2, -0.15) is 5.26 Å². The molecular formula is C21H27NO2. The molecule has 0 aromatic carbocycles. The van der Waals surface area contributed by atoms with Gasteiger partial charge >= 0.3 is 0 Å². The molecule has 4 rings (SSSR count). The van der Waals surface area contributed by atoms with Gasteiger partial charge in [-0.3, -0.25) is 9.59 Å². The Morgan fingerprint density at radius 3 is 2.62 bits per heavy atom. The number of hydrogen-bond donors (Lipinski definition) is 0. The molecule has 4 aliphatic carbocycles. The van der Waals surface area contributed by atoms with Crippen LogP contribution in [0.15, 0.2) is 11.6 Å². The molecule has 0 saturated heterocycles. The van der Waals surface area contributed by atoms with Crippen molar-refractivity contribution in [1.82, 2.24) is 0 Å². The van der Waals surface area contributed by atoms with E-state index in [9.17, 15) is 14.9 Å². The molecule has 0 aromatic heterocycles. The summed E-state index contributed by atoms with van der Waals surface area (Å²) in [5.74, 6) is 2.12. The molecule has 0 aromatic rings. The molecule has 0 unspecified atom stereocenters. The number of allylic oxidation sites excluding steroid dienone is 2. The zero-order chi connectivity index (χ0) is 17.3. The summed E-state index contributed by atoms with van der Waals surface area (Å²) in [4.78, 5) is 24.7. The Morgan fingerprint density at radius 2 is 1.92 bits per heavy atom. The third-order valence-electron chi connectivity index (χ3n) is 8.47. The second-order valence-electron chi connectivity index (χ2n) is 9.17. The molecule has 24 heavy (non-hydrogen) atoms. The van der Waals surface area contributed by atoms with Crippen LogP contribution in [0, 0.1) is 51.8 Å². The number of ketones is 2. The van der Waals surface area contributed by atoms with Crippen molar-refractivity contribution in [1.29, 1.82) is 5.26 Å². The summed E-state index contributed by atoms with van der Waals surface area (Å²) in [5, 5.41) is 9.65. The Labute approximate surface area is 144 Å². The lowest BCUT2D eigenvalue weighted by atomic mass is 9.44. The average molecular weight is 325 g/mol. The number of carbonyl (C=O) groups is 2. The van der Waals surface area contributed by atoms with Crippen molar-refractivity contribution < 1.29 is 9.59 Å². The average Bonchev–Trinajstić information content (AvgIpc) is 2.80. The lowest BCUT2D eigenvalue weighted by molar-refractivity contribution is -0.136. The molecule has 0 aliphatic heterocycles. The van der Waals surface area contributed by atoms with Crippen LogP contribution in [-0.2, 0) is 9.59 Å². The van der Waals surface area contributed by atoms with E-state index in [2.05, 4.69) is 26.8 Å². The zero-order valence-corrected chi connectivity index (χ0v) is 15.0. The smallest absolute Gasteiger partial charge is 0.155 e. The molecule has 128 valence electrons. The van der Waals surface area contributed by atoms with Crippen LogP contribution in [0.5, 0.6) is 0 Å². The minimum atomic E-state index is -0.285. The molecule has 3 nitrogen and oxygen atoms in total. The molecule has 0 radical (unpaired) electrons. The van der Waals surface area contributed by atoms with E-state index < -0.39 is 0 Å². The maximum absolute atomic E-state index is 12.6. The molecular weight excluding hydrogens is 298 g/mol. The van der Waals surface area contributed by atoms with Gasteiger partial charge in [0.1, 0.15) is 5.78 Å². The van der Waals surface area contributed by atoms with E-state index in [-0.39, 0.29) is 28.4 Å². The number of rotatable bonds is 0. The van der Waals surface area contributed by atoms with Crippen LogP contribution in [0.2, 0.25) is 0 Å². The van der Waals surface area contributed by atoms with E-state index in [0.717, 1.165) is 25.7 Å². The monoisotopic (exact) mass is 325 g/mol. The van der Waals surface area contributed by atoms with E-state index in [1.807, 2.05) is 6.08 Å². The number of nitriles is 1. The van der Waals surface area contributed by atoms with E-state index >= 15 is 0 Å². The second-order valence-corrected chi connectivity index (χ2v) is 9.17. The largest absolute Gasteiger partial charge is 0.299 e. The fraction of sp³-hybridized carbons (Fsp3) is 0.762. The van der Waals surface area contributed by atoms with Gasteiger partial charge in [0.2, 0.25) is 0 Å². The summed E-state index contributed by atoms with van der Waals surface area (Å²) in [6, 6.07) is 2.47. The number of Topliss-reactive ketones (excluding diaryl/α,β-unsaturated/α-hetero) is 1. The van der Waals surface area contributed by atoms with Gasteiger partial charge in [-0.1, -0.05) is 19.4 Å². The van der Waals surface area contributed by atoms with Crippen LogP contribution in [0.1, 0.15) is 59.3 Å². The van der Waals surface area contributed by atoms with Gasteiger partial charge in [0.25, 0.3) is 0 Å². The molecule has 0 spiro atoms. The molecule has 0 N–H and O–H groups in total. The van der Waals surface area contributed by atoms with Gasteiger partial charge in [-0.05, 0) is 67.8 Å². The van der Waals surface area contributed by atoms with Gasteiger partial charge in [-0.15, -0.1) is 0 Å². The van der Waals surface area contributed by atoms with Crippen molar-refractivity contribution >= 4 is 11.6 Å². The van der Waals surface area contributed by atoms with Gasteiger partial charge in [0.05, 0.1) is 12.0 Å². The van der Waals surface area contributed by atoms with Gasteiger partial charge < -0.3 is 0 Å². The number of carbonyl (C=O) groups excluding carboxylic acids is 2. The molecule has 0 heterocycles. The predicted octanol–water partition coefficient (Wildman–Crippen LogP) is 4.08. The highest BCUT2D eigenvalue weighted by molar-refractivity contribution is 5.92. The Hall–Kier alpha value is -1.43. The van der Waals surface area contributed by atoms with Gasteiger partial charge in [0, 0.05) is 18.3 Å². The fourth-order valence-electron chi connectivity index (χ4n) is 7.06. The van der Waals surface area contributed by atoms with Crippen LogP contribution in [0.3, 0.4) is 0 Å². The van der Waals surface area contributed by atoms with Crippen LogP contribution in [0.25, 0.3) is 0 Å². The fourth-order valence-corrected chi connectivity index (χ4v) is 7.06. The minimum Gasteiger partial charge on any atom is -0.299 e. The Kier molecular flexibility index (Phi) is 3.37. The minimum absolute atomic E-state index is 0.0732. The quantitative estimate of drug-likeness (QED) is 0.674. The van der Waals surface area contributed by atoms with Crippen molar-refractivity contribution in [3.8, 4) is 6.07 Å². The third-order valence-corrected chi connectivity index (χ3v) is 8.47. The van der Waals surface area contributed by atoms with Crippen molar-refractivity contribution in [2.24, 2.45) is 40.4 Å². The Bertz CT molecular complexity index is 686. The van der Waals surface area contributed by atoms with Crippen molar-refractivity contribution in [3.05, 3.63) is 11.6 Å². The molecule has 7 atom stereocenters. The first-order valence-corrected chi connectivity index (χ1v) is 9.47. The highest BCUT2D eigenvalue weighted by Gasteiger charge is 2.63. The predicted molar refractivity (Wildman–Crippen MR) is 90.8 cm³/mol. The normalized spacial score (nSPS) is 50.4. The SMILES string of the molecule is CC1=CC(=O)C[C@@H]2CC[C@H]3[C@@H]4[C@H](C#N)CC(=O)[C@@]4(C)CC[C@@H]3[C@@]12C. The Balaban J connectivity index is 1.77. The maximum atomic E-state index is 12.6. The van der Waals surface area contributed by atoms with Gasteiger partial charge in [0.15, 0.2) is 5.78 Å². The van der Waals surface area contributed by atoms with Crippen molar-refractivity contribution in [2.75, 3.05) is 0 Å². The lowest BCUT2D eigenvalue weighted by Crippen LogP contribution is -2.54. The number of hydrogen-bond acceptors (Lipinski definition) is 3. The summed E-state index contributed by atoms with van der Waals surface area (Å²) >= 11 is 0. The standard InChI is InChI=1S/C21H27NO2/c1-12-8-15(23)10-14-4-5-16-17(21(12,14)3)6-7-20(2)18(24)9-13(11-22)19(16)20/h8,13-14,16-17,19H,4-7,9-10H2,1-3H3/t13-,14-,16+,17-,19-,20+,21-/m0/s1. The van der Waals surface area contributed by atoms with E-state index in [1.54, 1.807) is 0 Å². The maximum Gasteiger partial charge on any atom is 0.155 e. The highest BCUT2D eigenvalue weighted by atomic mass is 16.1. The third kappa shape index (κ3) is 1.83. The summed E-state index contributed by atoms with van der Waals surface area (Å²) in [5.41, 5.74) is 1.02. The van der Waals surface area contributed by atoms with E-state index in [0.29, 0.717) is 36.4 Å². The second kappa shape index (κ2) is 5.04. The number of nitrogens with zero attached hydrogens (tertiary/aromatic N) is 1. The zero-order valence-electron chi connectivity index (χ0n) is 15.0. The molecule has 4 aliphatic rings. The van der Waals surface area contributed by atoms with Crippen molar-refractivity contribution in [2.45, 2.75) is 59.3 Å². The van der Waals surface area contributed by atoms with Crippen molar-refractivity contribution in [3.63, 3.8) is 0 Å². The summed E-state index contributed by atoms with van der Waals surface area (Å²) in [7, 11) is 0. The first-order valence-electron chi connectivity index (χ1n) is 9.47. The van der Waals surface area contributed by atoms with Crippen LogP contribution < -0.4 is 0 Å². The van der Waals surface area contributed by atoms with Crippen LogP contribution >= 0.6 is 0 Å².